The van der Waals surface area contributed by atoms with Gasteiger partial charge in [-0.05, 0) is 25.8 Å². The molecule has 2 heterocycles. The molecule has 27 heavy (non-hydrogen) atoms. The number of carbonyl (C=O) groups excluding carboxylic acids is 2. The van der Waals surface area contributed by atoms with Gasteiger partial charge in [0.05, 0.1) is 5.69 Å². The third kappa shape index (κ3) is 4.33. The highest BCUT2D eigenvalue weighted by atomic mass is 16.4. The Bertz CT molecular complexity index is 849. The molecule has 1 fully saturated rings. The SMILES string of the molecule is CCn1cc(NC(=O)Cn2nccc2C(=O)O)c(C(=O)NC2CCCC2)n1. The molecule has 0 atom stereocenters. The molecular formula is C17H22N6O4. The standard InChI is InChI=1S/C17H22N6O4/c1-2-22-9-12(15(21-22)16(25)19-11-5-3-4-6-11)20-14(24)10-23-13(17(26)27)7-8-18-23/h7-9,11H,2-6,10H2,1H3,(H,19,25)(H,20,24)(H,26,27). The summed E-state index contributed by atoms with van der Waals surface area (Å²) in [5.74, 6) is -1.99. The van der Waals surface area contributed by atoms with Crippen molar-refractivity contribution in [3.8, 4) is 0 Å². The van der Waals surface area contributed by atoms with E-state index in [0.29, 0.717) is 12.2 Å². The summed E-state index contributed by atoms with van der Waals surface area (Å²) < 4.78 is 2.65. The topological polar surface area (TPSA) is 131 Å². The normalized spacial score (nSPS) is 14.3. The second-order valence-corrected chi connectivity index (χ2v) is 6.43. The largest absolute Gasteiger partial charge is 0.477 e. The van der Waals surface area contributed by atoms with Crippen molar-refractivity contribution in [2.45, 2.75) is 51.7 Å². The second-order valence-electron chi connectivity index (χ2n) is 6.43. The number of carboxylic acids is 1. The molecule has 0 bridgehead atoms. The van der Waals surface area contributed by atoms with Crippen molar-refractivity contribution in [1.29, 1.82) is 0 Å². The number of rotatable bonds is 7. The molecule has 2 aromatic heterocycles. The zero-order valence-electron chi connectivity index (χ0n) is 15.0. The molecule has 0 aliphatic heterocycles. The van der Waals surface area contributed by atoms with Crippen molar-refractivity contribution in [3.63, 3.8) is 0 Å². The van der Waals surface area contributed by atoms with Crippen LogP contribution >= 0.6 is 0 Å². The first kappa shape index (κ1) is 18.6. The molecule has 1 aliphatic carbocycles. The first-order valence-electron chi connectivity index (χ1n) is 8.91. The van der Waals surface area contributed by atoms with Crippen LogP contribution < -0.4 is 10.6 Å². The van der Waals surface area contributed by atoms with E-state index in [1.54, 1.807) is 10.9 Å². The van der Waals surface area contributed by atoms with Gasteiger partial charge >= 0.3 is 5.97 Å². The maximum absolute atomic E-state index is 12.6. The van der Waals surface area contributed by atoms with Gasteiger partial charge in [0.15, 0.2) is 5.69 Å². The van der Waals surface area contributed by atoms with Crippen LogP contribution in [0, 0.1) is 0 Å². The predicted molar refractivity (Wildman–Crippen MR) is 95.4 cm³/mol. The number of aromatic nitrogens is 4. The lowest BCUT2D eigenvalue weighted by molar-refractivity contribution is -0.116. The number of carboxylic acid groups (broad SMARTS) is 1. The highest BCUT2D eigenvalue weighted by Crippen LogP contribution is 2.20. The van der Waals surface area contributed by atoms with Crippen molar-refractivity contribution in [2.24, 2.45) is 0 Å². The average Bonchev–Trinajstić information content (AvgIpc) is 3.35. The zero-order valence-corrected chi connectivity index (χ0v) is 15.0. The number of hydrogen-bond donors (Lipinski definition) is 3. The number of aromatic carboxylic acids is 1. The minimum atomic E-state index is -1.17. The van der Waals surface area contributed by atoms with Crippen LogP contribution in [0.3, 0.4) is 0 Å². The molecule has 1 saturated carbocycles. The van der Waals surface area contributed by atoms with Gasteiger partial charge in [0, 0.05) is 25.0 Å². The highest BCUT2D eigenvalue weighted by molar-refractivity contribution is 6.02. The van der Waals surface area contributed by atoms with Crippen molar-refractivity contribution in [3.05, 3.63) is 29.8 Å². The summed E-state index contributed by atoms with van der Waals surface area (Å²) in [4.78, 5) is 36.0. The van der Waals surface area contributed by atoms with E-state index in [4.69, 9.17) is 5.11 Å². The van der Waals surface area contributed by atoms with Crippen molar-refractivity contribution >= 4 is 23.5 Å². The van der Waals surface area contributed by atoms with Gasteiger partial charge < -0.3 is 15.7 Å². The summed E-state index contributed by atoms with van der Waals surface area (Å²) in [7, 11) is 0. The van der Waals surface area contributed by atoms with Crippen LogP contribution in [0.25, 0.3) is 0 Å². The number of amides is 2. The molecule has 0 spiro atoms. The summed E-state index contributed by atoms with van der Waals surface area (Å²) in [6, 6.07) is 1.45. The number of anilines is 1. The van der Waals surface area contributed by atoms with Gasteiger partial charge in [-0.2, -0.15) is 10.2 Å². The van der Waals surface area contributed by atoms with E-state index in [9.17, 15) is 14.4 Å². The fourth-order valence-corrected chi connectivity index (χ4v) is 3.13. The summed E-state index contributed by atoms with van der Waals surface area (Å²) in [6.45, 7) is 2.14. The van der Waals surface area contributed by atoms with Crippen LogP contribution in [0.4, 0.5) is 5.69 Å². The number of hydrogen-bond acceptors (Lipinski definition) is 5. The van der Waals surface area contributed by atoms with Gasteiger partial charge in [-0.15, -0.1) is 0 Å². The third-order valence-corrected chi connectivity index (χ3v) is 4.49. The van der Waals surface area contributed by atoms with Crippen LogP contribution in [-0.4, -0.2) is 48.5 Å². The quantitative estimate of drug-likeness (QED) is 0.665. The third-order valence-electron chi connectivity index (χ3n) is 4.49. The van der Waals surface area contributed by atoms with E-state index in [0.717, 1.165) is 30.4 Å². The van der Waals surface area contributed by atoms with Gasteiger partial charge in [0.25, 0.3) is 5.91 Å². The molecule has 3 N–H and O–H groups in total. The van der Waals surface area contributed by atoms with E-state index in [1.165, 1.54) is 12.3 Å². The van der Waals surface area contributed by atoms with Crippen molar-refractivity contribution in [1.82, 2.24) is 24.9 Å². The Kier molecular flexibility index (Phi) is 5.53. The Labute approximate surface area is 155 Å². The van der Waals surface area contributed by atoms with Gasteiger partial charge in [-0.3, -0.25) is 14.3 Å². The van der Waals surface area contributed by atoms with Crippen LogP contribution in [0.1, 0.15) is 53.6 Å². The van der Waals surface area contributed by atoms with Crippen LogP contribution in [-0.2, 0) is 17.9 Å². The zero-order chi connectivity index (χ0) is 19.4. The smallest absolute Gasteiger partial charge is 0.354 e. The average molecular weight is 374 g/mol. The predicted octanol–water partition coefficient (Wildman–Crippen LogP) is 1.11. The minimum Gasteiger partial charge on any atom is -0.477 e. The van der Waals surface area contributed by atoms with Crippen LogP contribution in [0.5, 0.6) is 0 Å². The van der Waals surface area contributed by atoms with E-state index < -0.39 is 11.9 Å². The molecule has 1 aliphatic rings. The Morgan fingerprint density at radius 3 is 2.70 bits per heavy atom. The lowest BCUT2D eigenvalue weighted by atomic mass is 10.2. The summed E-state index contributed by atoms with van der Waals surface area (Å²) in [5.41, 5.74) is 0.353. The number of aryl methyl sites for hydroxylation is 1. The molecule has 0 radical (unpaired) electrons. The Balaban J connectivity index is 1.72. The first-order valence-corrected chi connectivity index (χ1v) is 8.91. The Morgan fingerprint density at radius 1 is 1.30 bits per heavy atom. The molecule has 10 nitrogen and oxygen atoms in total. The van der Waals surface area contributed by atoms with Gasteiger partial charge in [0.2, 0.25) is 5.91 Å². The fourth-order valence-electron chi connectivity index (χ4n) is 3.13. The summed E-state index contributed by atoms with van der Waals surface area (Å²) >= 11 is 0. The maximum atomic E-state index is 12.6. The number of carbonyl (C=O) groups is 3. The molecule has 144 valence electrons. The van der Waals surface area contributed by atoms with Gasteiger partial charge in [-0.1, -0.05) is 12.8 Å². The molecule has 10 heteroatoms. The van der Waals surface area contributed by atoms with Crippen LogP contribution in [0.15, 0.2) is 18.5 Å². The fraction of sp³-hybridized carbons (Fsp3) is 0.471. The highest BCUT2D eigenvalue weighted by Gasteiger charge is 2.23. The maximum Gasteiger partial charge on any atom is 0.354 e. The molecule has 0 unspecified atom stereocenters. The summed E-state index contributed by atoms with van der Waals surface area (Å²) in [6.07, 6.45) is 6.97. The first-order chi connectivity index (χ1) is 13.0. The monoisotopic (exact) mass is 374 g/mol. The lowest BCUT2D eigenvalue weighted by Crippen LogP contribution is -2.33. The van der Waals surface area contributed by atoms with Crippen LogP contribution in [0.2, 0.25) is 0 Å². The second kappa shape index (κ2) is 8.02. The molecule has 2 amide bonds. The molecular weight excluding hydrogens is 352 g/mol. The minimum absolute atomic E-state index is 0.0893. The molecule has 0 aromatic carbocycles. The molecule has 2 aromatic rings. The molecule has 0 saturated heterocycles. The Morgan fingerprint density at radius 2 is 2.04 bits per heavy atom. The van der Waals surface area contributed by atoms with Crippen molar-refractivity contribution in [2.75, 3.05) is 5.32 Å². The summed E-state index contributed by atoms with van der Waals surface area (Å²) in [5, 5.41) is 22.8. The molecule has 3 rings (SSSR count). The lowest BCUT2D eigenvalue weighted by Gasteiger charge is -2.11. The number of nitrogens with zero attached hydrogens (tertiary/aromatic N) is 4. The van der Waals surface area contributed by atoms with E-state index in [-0.39, 0.29) is 29.9 Å². The van der Waals surface area contributed by atoms with Gasteiger partial charge in [0.1, 0.15) is 12.2 Å². The Hall–Kier alpha value is -3.17. The van der Waals surface area contributed by atoms with Crippen molar-refractivity contribution < 1.29 is 19.5 Å². The number of nitrogens with one attached hydrogen (secondary N) is 2. The van der Waals surface area contributed by atoms with E-state index in [1.807, 2.05) is 6.92 Å². The van der Waals surface area contributed by atoms with E-state index in [2.05, 4.69) is 20.8 Å². The van der Waals surface area contributed by atoms with E-state index >= 15 is 0 Å². The van der Waals surface area contributed by atoms with Gasteiger partial charge in [-0.25, -0.2) is 9.48 Å².